The molecule has 23 heavy (non-hydrogen) atoms. The first-order valence-corrected chi connectivity index (χ1v) is 8.54. The molecule has 4 N–H and O–H groups in total. The number of amides is 1. The standard InChI is InChI=1S/C15H22N6OS/c1-8(13-9(2)20-10(3)23-13)17-4-11-5-18-15-12(14(16)22)6-19-21(15)7-11/h6,8,11,17-18H,4-5,7H2,1-3H3,(H2,16,22)/t8-,11+/m0/s1. The molecule has 2 aromatic rings. The molecule has 2 atom stereocenters. The van der Waals surface area contributed by atoms with Gasteiger partial charge in [-0.05, 0) is 20.8 Å². The first-order chi connectivity index (χ1) is 11.0. The van der Waals surface area contributed by atoms with Crippen molar-refractivity contribution in [2.24, 2.45) is 11.7 Å². The van der Waals surface area contributed by atoms with Crippen molar-refractivity contribution in [1.82, 2.24) is 20.1 Å². The Bertz CT molecular complexity index is 722. The van der Waals surface area contributed by atoms with Gasteiger partial charge in [0.25, 0.3) is 5.91 Å². The van der Waals surface area contributed by atoms with E-state index in [0.29, 0.717) is 11.5 Å². The Morgan fingerprint density at radius 1 is 1.61 bits per heavy atom. The predicted octanol–water partition coefficient (Wildman–Crippen LogP) is 1.45. The van der Waals surface area contributed by atoms with Crippen LogP contribution in [0.1, 0.15) is 38.9 Å². The molecule has 0 unspecified atom stereocenters. The van der Waals surface area contributed by atoms with Crippen LogP contribution in [0.25, 0.3) is 0 Å². The van der Waals surface area contributed by atoms with Gasteiger partial charge in [-0.25, -0.2) is 9.67 Å². The van der Waals surface area contributed by atoms with Crippen molar-refractivity contribution in [2.45, 2.75) is 33.4 Å². The number of thiazole rings is 1. The van der Waals surface area contributed by atoms with Crippen molar-refractivity contribution in [2.75, 3.05) is 18.4 Å². The molecule has 3 heterocycles. The Hall–Kier alpha value is -1.93. The molecule has 0 bridgehead atoms. The molecule has 0 spiro atoms. The summed E-state index contributed by atoms with van der Waals surface area (Å²) in [5.41, 5.74) is 6.91. The van der Waals surface area contributed by atoms with Crippen LogP contribution < -0.4 is 16.4 Å². The number of hydrogen-bond donors (Lipinski definition) is 3. The smallest absolute Gasteiger partial charge is 0.254 e. The molecule has 0 saturated heterocycles. The number of nitrogens with two attached hydrogens (primary N) is 1. The number of anilines is 1. The first-order valence-electron chi connectivity index (χ1n) is 7.72. The number of fused-ring (bicyclic) bond motifs is 1. The van der Waals surface area contributed by atoms with Crippen molar-refractivity contribution < 1.29 is 4.79 Å². The minimum atomic E-state index is -0.444. The average Bonchev–Trinajstić information content (AvgIpc) is 3.07. The van der Waals surface area contributed by atoms with E-state index in [1.807, 2.05) is 11.6 Å². The fourth-order valence-electron chi connectivity index (χ4n) is 2.96. The van der Waals surface area contributed by atoms with E-state index in [1.54, 1.807) is 11.3 Å². The highest BCUT2D eigenvalue weighted by atomic mass is 32.1. The summed E-state index contributed by atoms with van der Waals surface area (Å²) in [5.74, 6) is 0.690. The maximum atomic E-state index is 11.3. The van der Waals surface area contributed by atoms with Crippen LogP contribution in [-0.4, -0.2) is 33.8 Å². The van der Waals surface area contributed by atoms with Gasteiger partial charge in [0, 0.05) is 36.5 Å². The summed E-state index contributed by atoms with van der Waals surface area (Å²) >= 11 is 1.75. The van der Waals surface area contributed by atoms with Gasteiger partial charge >= 0.3 is 0 Å². The fourth-order valence-corrected chi connectivity index (χ4v) is 3.92. The highest BCUT2D eigenvalue weighted by Gasteiger charge is 2.24. The van der Waals surface area contributed by atoms with Gasteiger partial charge in [-0.1, -0.05) is 0 Å². The summed E-state index contributed by atoms with van der Waals surface area (Å²) in [6, 6.07) is 0.279. The number of hydrogen-bond acceptors (Lipinski definition) is 6. The van der Waals surface area contributed by atoms with Crippen LogP contribution in [0.3, 0.4) is 0 Å². The molecule has 1 aliphatic heterocycles. The van der Waals surface area contributed by atoms with Gasteiger partial charge in [0.05, 0.1) is 16.9 Å². The molecule has 2 aromatic heterocycles. The lowest BCUT2D eigenvalue weighted by Crippen LogP contribution is -2.36. The molecule has 1 amide bonds. The summed E-state index contributed by atoms with van der Waals surface area (Å²) in [4.78, 5) is 17.1. The van der Waals surface area contributed by atoms with Gasteiger partial charge in [-0.3, -0.25) is 4.79 Å². The Balaban J connectivity index is 1.60. The molecule has 0 radical (unpaired) electrons. The molecule has 3 rings (SSSR count). The van der Waals surface area contributed by atoms with Crippen LogP contribution >= 0.6 is 11.3 Å². The Kier molecular flexibility index (Phi) is 4.36. The van der Waals surface area contributed by atoms with E-state index < -0.39 is 5.91 Å². The highest BCUT2D eigenvalue weighted by molar-refractivity contribution is 7.11. The number of nitrogens with one attached hydrogen (secondary N) is 2. The molecular weight excluding hydrogens is 312 g/mol. The minimum Gasteiger partial charge on any atom is -0.369 e. The zero-order valence-corrected chi connectivity index (χ0v) is 14.4. The highest BCUT2D eigenvalue weighted by Crippen LogP contribution is 2.25. The molecule has 0 aliphatic carbocycles. The molecule has 1 aliphatic rings. The average molecular weight is 334 g/mol. The second-order valence-corrected chi connectivity index (χ2v) is 7.25. The molecule has 7 nitrogen and oxygen atoms in total. The summed E-state index contributed by atoms with van der Waals surface area (Å²) in [6.07, 6.45) is 1.53. The van der Waals surface area contributed by atoms with Crippen LogP contribution in [0.5, 0.6) is 0 Å². The van der Waals surface area contributed by atoms with Crippen LogP contribution in [0.2, 0.25) is 0 Å². The number of carbonyl (C=O) groups is 1. The maximum Gasteiger partial charge on any atom is 0.254 e. The van der Waals surface area contributed by atoms with Gasteiger partial charge in [-0.2, -0.15) is 5.10 Å². The summed E-state index contributed by atoms with van der Waals surface area (Å²) in [7, 11) is 0. The molecule has 0 fully saturated rings. The zero-order chi connectivity index (χ0) is 16.6. The first kappa shape index (κ1) is 15.9. The topological polar surface area (TPSA) is 97.9 Å². The van der Waals surface area contributed by atoms with Gasteiger partial charge in [0.2, 0.25) is 0 Å². The van der Waals surface area contributed by atoms with Crippen molar-refractivity contribution in [3.8, 4) is 0 Å². The normalized spacial score (nSPS) is 18.3. The third-order valence-electron chi connectivity index (χ3n) is 4.14. The van der Waals surface area contributed by atoms with Crippen molar-refractivity contribution in [1.29, 1.82) is 0 Å². The summed E-state index contributed by atoms with van der Waals surface area (Å²) < 4.78 is 1.82. The number of aryl methyl sites for hydroxylation is 2. The Morgan fingerprint density at radius 2 is 2.39 bits per heavy atom. The van der Waals surface area contributed by atoms with E-state index in [2.05, 4.69) is 34.6 Å². The lowest BCUT2D eigenvalue weighted by molar-refractivity contribution is 0.100. The largest absolute Gasteiger partial charge is 0.369 e. The molecule has 0 aromatic carbocycles. The van der Waals surface area contributed by atoms with E-state index in [-0.39, 0.29) is 6.04 Å². The third kappa shape index (κ3) is 3.23. The SMILES string of the molecule is Cc1nc(C)c([C@H](C)NC[C@@H]2CNc3c(C(N)=O)cnn3C2)s1. The van der Waals surface area contributed by atoms with Gasteiger partial charge in [0.1, 0.15) is 11.4 Å². The zero-order valence-electron chi connectivity index (χ0n) is 13.6. The molecule has 0 saturated carbocycles. The van der Waals surface area contributed by atoms with Gasteiger partial charge < -0.3 is 16.4 Å². The summed E-state index contributed by atoms with van der Waals surface area (Å²) in [6.45, 7) is 8.70. The van der Waals surface area contributed by atoms with E-state index >= 15 is 0 Å². The number of primary amides is 1. The van der Waals surface area contributed by atoms with Crippen LogP contribution in [0.4, 0.5) is 5.82 Å². The third-order valence-corrected chi connectivity index (χ3v) is 5.40. The Labute approximate surface area is 139 Å². The number of nitrogens with zero attached hydrogens (tertiary/aromatic N) is 3. The predicted molar refractivity (Wildman–Crippen MR) is 90.7 cm³/mol. The van der Waals surface area contributed by atoms with Gasteiger partial charge in [0.15, 0.2) is 0 Å². The van der Waals surface area contributed by atoms with E-state index in [0.717, 1.165) is 36.2 Å². The number of rotatable bonds is 5. The van der Waals surface area contributed by atoms with Crippen molar-refractivity contribution >= 4 is 23.1 Å². The lowest BCUT2D eigenvalue weighted by atomic mass is 10.1. The van der Waals surface area contributed by atoms with Crippen LogP contribution in [0.15, 0.2) is 6.20 Å². The van der Waals surface area contributed by atoms with Crippen LogP contribution in [-0.2, 0) is 6.54 Å². The maximum absolute atomic E-state index is 11.3. The van der Waals surface area contributed by atoms with E-state index in [4.69, 9.17) is 5.73 Å². The van der Waals surface area contributed by atoms with E-state index in [9.17, 15) is 4.79 Å². The van der Waals surface area contributed by atoms with Crippen LogP contribution in [0, 0.1) is 19.8 Å². The van der Waals surface area contributed by atoms with E-state index in [1.165, 1.54) is 11.1 Å². The quantitative estimate of drug-likeness (QED) is 0.769. The second-order valence-electron chi connectivity index (χ2n) is 6.01. The number of carbonyl (C=O) groups excluding carboxylic acids is 1. The van der Waals surface area contributed by atoms with Crippen molar-refractivity contribution in [3.63, 3.8) is 0 Å². The van der Waals surface area contributed by atoms with Gasteiger partial charge in [-0.15, -0.1) is 11.3 Å². The fraction of sp³-hybridized carbons (Fsp3) is 0.533. The Morgan fingerprint density at radius 3 is 3.04 bits per heavy atom. The molecule has 8 heteroatoms. The van der Waals surface area contributed by atoms with Crippen molar-refractivity contribution in [3.05, 3.63) is 27.3 Å². The molecular formula is C15H22N6OS. The monoisotopic (exact) mass is 334 g/mol. The minimum absolute atomic E-state index is 0.279. The lowest BCUT2D eigenvalue weighted by Gasteiger charge is -2.27. The second kappa shape index (κ2) is 6.29. The summed E-state index contributed by atoms with van der Waals surface area (Å²) in [5, 5.41) is 12.2. The number of aromatic nitrogens is 3. The molecule has 124 valence electrons.